The van der Waals surface area contributed by atoms with Crippen molar-refractivity contribution in [3.05, 3.63) is 46.0 Å². The highest BCUT2D eigenvalue weighted by molar-refractivity contribution is 5.55. The van der Waals surface area contributed by atoms with Gasteiger partial charge in [-0.15, -0.1) is 0 Å². The predicted molar refractivity (Wildman–Crippen MR) is 66.2 cm³/mol. The molecule has 0 aliphatic rings. The van der Waals surface area contributed by atoms with E-state index in [-0.39, 0.29) is 5.69 Å². The fourth-order valence-corrected chi connectivity index (χ4v) is 1.60. The van der Waals surface area contributed by atoms with Gasteiger partial charge in [-0.3, -0.25) is 14.8 Å². The monoisotopic (exact) mass is 247 g/mol. The lowest BCUT2D eigenvalue weighted by Crippen LogP contribution is -2.03. The molecule has 1 N–H and O–H groups in total. The summed E-state index contributed by atoms with van der Waals surface area (Å²) < 4.78 is 1.62. The Hall–Kier alpha value is -2.44. The van der Waals surface area contributed by atoms with Crippen LogP contribution in [0.15, 0.2) is 24.5 Å². The highest BCUT2D eigenvalue weighted by Gasteiger charge is 2.08. The van der Waals surface area contributed by atoms with Crippen molar-refractivity contribution in [1.29, 1.82) is 0 Å². The van der Waals surface area contributed by atoms with Crippen molar-refractivity contribution in [3.8, 4) is 0 Å². The van der Waals surface area contributed by atoms with E-state index in [1.54, 1.807) is 24.1 Å². The molecule has 2 rings (SSSR count). The Labute approximate surface area is 104 Å². The van der Waals surface area contributed by atoms with Crippen LogP contribution in [-0.2, 0) is 13.6 Å². The van der Waals surface area contributed by atoms with Crippen molar-refractivity contribution in [2.75, 3.05) is 5.32 Å². The number of aryl methyl sites for hydroxylation is 2. The van der Waals surface area contributed by atoms with E-state index in [1.807, 2.05) is 6.92 Å². The van der Waals surface area contributed by atoms with Crippen LogP contribution in [0.5, 0.6) is 0 Å². The number of non-ortho nitro benzene ring substituents is 1. The molecule has 0 saturated carbocycles. The van der Waals surface area contributed by atoms with Gasteiger partial charge in [0.05, 0.1) is 11.5 Å². The summed E-state index contributed by atoms with van der Waals surface area (Å²) >= 11 is 0. The second-order valence-corrected chi connectivity index (χ2v) is 3.94. The molecule has 0 fully saturated rings. The van der Waals surface area contributed by atoms with E-state index in [2.05, 4.69) is 15.4 Å². The summed E-state index contributed by atoms with van der Waals surface area (Å²) in [6.45, 7) is 2.31. The second-order valence-electron chi connectivity index (χ2n) is 3.94. The number of hydrogen-bond acceptors (Lipinski definition) is 5. The van der Waals surface area contributed by atoms with Gasteiger partial charge in [0.1, 0.15) is 6.33 Å². The first-order valence-corrected chi connectivity index (χ1v) is 5.39. The minimum atomic E-state index is -0.406. The van der Waals surface area contributed by atoms with E-state index >= 15 is 0 Å². The Morgan fingerprint density at radius 3 is 2.83 bits per heavy atom. The lowest BCUT2D eigenvalue weighted by Gasteiger charge is -2.07. The Morgan fingerprint density at radius 1 is 1.50 bits per heavy atom. The van der Waals surface area contributed by atoms with Crippen molar-refractivity contribution in [3.63, 3.8) is 0 Å². The van der Waals surface area contributed by atoms with E-state index in [0.29, 0.717) is 12.4 Å². The minimum Gasteiger partial charge on any atom is -0.377 e. The lowest BCUT2D eigenvalue weighted by atomic mass is 10.2. The third kappa shape index (κ3) is 2.62. The molecule has 2 aromatic rings. The summed E-state index contributed by atoms with van der Waals surface area (Å²) in [5.74, 6) is 0.676. The van der Waals surface area contributed by atoms with Gasteiger partial charge >= 0.3 is 0 Å². The summed E-state index contributed by atoms with van der Waals surface area (Å²) in [6.07, 6.45) is 1.62. The number of nitrogens with one attached hydrogen (secondary N) is 1. The fourth-order valence-electron chi connectivity index (χ4n) is 1.60. The molecule has 0 unspecified atom stereocenters. The summed E-state index contributed by atoms with van der Waals surface area (Å²) in [5, 5.41) is 17.9. The fraction of sp³-hybridized carbons (Fsp3) is 0.273. The molecule has 0 aliphatic carbocycles. The normalized spacial score (nSPS) is 10.3. The molecule has 0 radical (unpaired) electrons. The molecular formula is C11H13N5O2. The molecule has 1 aromatic heterocycles. The van der Waals surface area contributed by atoms with Crippen molar-refractivity contribution < 1.29 is 4.92 Å². The van der Waals surface area contributed by atoms with Crippen LogP contribution in [0.2, 0.25) is 0 Å². The van der Waals surface area contributed by atoms with Gasteiger partial charge in [-0.1, -0.05) is 0 Å². The molecular weight excluding hydrogens is 234 g/mol. The topological polar surface area (TPSA) is 85.9 Å². The second kappa shape index (κ2) is 4.82. The smallest absolute Gasteiger partial charge is 0.269 e. The average molecular weight is 247 g/mol. The molecule has 94 valence electrons. The van der Waals surface area contributed by atoms with Crippen LogP contribution < -0.4 is 5.32 Å². The summed E-state index contributed by atoms with van der Waals surface area (Å²) in [5.41, 5.74) is 1.75. The van der Waals surface area contributed by atoms with Crippen LogP contribution in [0, 0.1) is 17.0 Å². The number of aromatic nitrogens is 3. The number of nitro benzene ring substituents is 1. The van der Waals surface area contributed by atoms with Crippen LogP contribution in [0.1, 0.15) is 11.4 Å². The molecule has 1 aromatic carbocycles. The van der Waals surface area contributed by atoms with Gasteiger partial charge in [-0.05, 0) is 18.6 Å². The van der Waals surface area contributed by atoms with Crippen molar-refractivity contribution >= 4 is 11.4 Å². The molecule has 0 saturated heterocycles. The summed E-state index contributed by atoms with van der Waals surface area (Å²) in [7, 11) is 1.80. The lowest BCUT2D eigenvalue weighted by molar-refractivity contribution is -0.384. The van der Waals surface area contributed by atoms with Crippen LogP contribution in [0.3, 0.4) is 0 Å². The molecule has 0 spiro atoms. The molecule has 0 aliphatic heterocycles. The maximum absolute atomic E-state index is 10.6. The van der Waals surface area contributed by atoms with E-state index in [9.17, 15) is 10.1 Å². The molecule has 0 bridgehead atoms. The van der Waals surface area contributed by atoms with Gasteiger partial charge in [-0.25, -0.2) is 4.98 Å². The van der Waals surface area contributed by atoms with Crippen LogP contribution in [0.25, 0.3) is 0 Å². The molecule has 0 atom stereocenters. The quantitative estimate of drug-likeness (QED) is 0.655. The first-order chi connectivity index (χ1) is 8.56. The number of hydrogen-bond donors (Lipinski definition) is 1. The summed E-state index contributed by atoms with van der Waals surface area (Å²) in [4.78, 5) is 14.3. The maximum atomic E-state index is 10.6. The van der Waals surface area contributed by atoms with Gasteiger partial charge in [-0.2, -0.15) is 5.10 Å². The Morgan fingerprint density at radius 2 is 2.28 bits per heavy atom. The summed E-state index contributed by atoms with van der Waals surface area (Å²) in [6, 6.07) is 4.70. The Bertz CT molecular complexity index is 579. The van der Waals surface area contributed by atoms with E-state index in [0.717, 1.165) is 11.3 Å². The van der Waals surface area contributed by atoms with Crippen LogP contribution in [-0.4, -0.2) is 19.7 Å². The standard InChI is InChI=1S/C11H13N5O2/c1-8-5-9(16(17)18)3-4-10(8)12-6-11-13-7-15(2)14-11/h3-5,7,12H,6H2,1-2H3. The van der Waals surface area contributed by atoms with E-state index in [4.69, 9.17) is 0 Å². The number of rotatable bonds is 4. The number of anilines is 1. The molecule has 7 nitrogen and oxygen atoms in total. The van der Waals surface area contributed by atoms with Crippen molar-refractivity contribution in [1.82, 2.24) is 14.8 Å². The molecule has 0 amide bonds. The highest BCUT2D eigenvalue weighted by Crippen LogP contribution is 2.21. The average Bonchev–Trinajstić information content (AvgIpc) is 2.73. The number of nitro groups is 1. The van der Waals surface area contributed by atoms with Gasteiger partial charge in [0.25, 0.3) is 5.69 Å². The third-order valence-electron chi connectivity index (χ3n) is 2.50. The first-order valence-electron chi connectivity index (χ1n) is 5.39. The SMILES string of the molecule is Cc1cc([N+](=O)[O-])ccc1NCc1ncn(C)n1. The molecule has 7 heteroatoms. The van der Waals surface area contributed by atoms with Crippen molar-refractivity contribution in [2.24, 2.45) is 7.05 Å². The maximum Gasteiger partial charge on any atom is 0.269 e. The largest absolute Gasteiger partial charge is 0.377 e. The third-order valence-corrected chi connectivity index (χ3v) is 2.50. The van der Waals surface area contributed by atoms with Crippen molar-refractivity contribution in [2.45, 2.75) is 13.5 Å². The zero-order valence-electron chi connectivity index (χ0n) is 10.1. The predicted octanol–water partition coefficient (Wildman–Crippen LogP) is 1.64. The van der Waals surface area contributed by atoms with Crippen LogP contribution in [0.4, 0.5) is 11.4 Å². The highest BCUT2D eigenvalue weighted by atomic mass is 16.6. The molecule has 1 heterocycles. The number of nitrogens with zero attached hydrogens (tertiary/aromatic N) is 4. The van der Waals surface area contributed by atoms with Gasteiger partial charge in [0.15, 0.2) is 5.82 Å². The van der Waals surface area contributed by atoms with Gasteiger partial charge in [0.2, 0.25) is 0 Å². The van der Waals surface area contributed by atoms with E-state index < -0.39 is 4.92 Å². The van der Waals surface area contributed by atoms with Gasteiger partial charge < -0.3 is 5.32 Å². The van der Waals surface area contributed by atoms with Crippen LogP contribution >= 0.6 is 0 Å². The molecule has 18 heavy (non-hydrogen) atoms. The Balaban J connectivity index is 2.08. The zero-order chi connectivity index (χ0) is 13.1. The first kappa shape index (κ1) is 12.0. The van der Waals surface area contributed by atoms with E-state index in [1.165, 1.54) is 12.1 Å². The number of benzene rings is 1. The zero-order valence-corrected chi connectivity index (χ0v) is 10.1. The minimum absolute atomic E-state index is 0.0917. The Kier molecular flexibility index (Phi) is 3.22. The van der Waals surface area contributed by atoms with Gasteiger partial charge in [0, 0.05) is 24.9 Å².